The largest absolute Gasteiger partial charge is 0.493 e. The summed E-state index contributed by atoms with van der Waals surface area (Å²) in [5, 5.41) is 6.08. The molecule has 0 aliphatic carbocycles. The van der Waals surface area contributed by atoms with E-state index in [1.807, 2.05) is 25.1 Å². The Labute approximate surface area is 153 Å². The number of amides is 1. The maximum Gasteiger partial charge on any atom is 0.257 e. The summed E-state index contributed by atoms with van der Waals surface area (Å²) in [6, 6.07) is 11.0. The van der Waals surface area contributed by atoms with Gasteiger partial charge in [0.05, 0.1) is 14.2 Å². The molecule has 0 spiro atoms. The van der Waals surface area contributed by atoms with E-state index in [-0.39, 0.29) is 11.0 Å². The highest BCUT2D eigenvalue weighted by Crippen LogP contribution is 2.27. The van der Waals surface area contributed by atoms with Crippen LogP contribution in [0.2, 0.25) is 0 Å². The van der Waals surface area contributed by atoms with Gasteiger partial charge < -0.3 is 14.8 Å². The van der Waals surface area contributed by atoms with Crippen LogP contribution >= 0.6 is 12.2 Å². The predicted molar refractivity (Wildman–Crippen MR) is 104 cm³/mol. The van der Waals surface area contributed by atoms with Crippen LogP contribution in [0.15, 0.2) is 36.4 Å². The molecule has 6 heteroatoms. The van der Waals surface area contributed by atoms with E-state index in [1.54, 1.807) is 25.3 Å². The van der Waals surface area contributed by atoms with Crippen molar-refractivity contribution in [3.05, 3.63) is 53.1 Å². The minimum atomic E-state index is -0.315. The highest BCUT2D eigenvalue weighted by molar-refractivity contribution is 7.80. The Hall–Kier alpha value is -2.60. The van der Waals surface area contributed by atoms with Gasteiger partial charge in [0.1, 0.15) is 0 Å². The standard InChI is InChI=1S/C19H22N2O3S/c1-5-13-8-6-7-12(2)17(13)20-19(25)21-18(22)14-9-10-15(23-3)16(11-14)24-4/h6-11H,5H2,1-4H3,(H2,20,21,22,25). The number of carbonyl (C=O) groups excluding carboxylic acids is 1. The molecule has 2 rings (SSSR count). The number of para-hydroxylation sites is 1. The quantitative estimate of drug-likeness (QED) is 0.798. The van der Waals surface area contributed by atoms with Gasteiger partial charge in [-0.25, -0.2) is 0 Å². The lowest BCUT2D eigenvalue weighted by atomic mass is 10.1. The van der Waals surface area contributed by atoms with E-state index >= 15 is 0 Å². The molecular weight excluding hydrogens is 336 g/mol. The molecule has 0 aliphatic heterocycles. The SMILES string of the molecule is CCc1cccc(C)c1NC(=S)NC(=O)c1ccc(OC)c(OC)c1. The van der Waals surface area contributed by atoms with Gasteiger partial charge in [0.2, 0.25) is 0 Å². The molecule has 0 atom stereocenters. The number of rotatable bonds is 5. The molecular formula is C19H22N2O3S. The maximum absolute atomic E-state index is 12.4. The van der Waals surface area contributed by atoms with E-state index < -0.39 is 0 Å². The third kappa shape index (κ3) is 4.48. The van der Waals surface area contributed by atoms with Crippen LogP contribution in [0.1, 0.15) is 28.4 Å². The molecule has 2 N–H and O–H groups in total. The molecule has 0 bridgehead atoms. The highest BCUT2D eigenvalue weighted by atomic mass is 32.1. The van der Waals surface area contributed by atoms with Crippen LogP contribution in [0.3, 0.4) is 0 Å². The number of benzene rings is 2. The van der Waals surface area contributed by atoms with E-state index in [9.17, 15) is 4.79 Å². The second-order valence-electron chi connectivity index (χ2n) is 5.44. The molecule has 0 aliphatic rings. The summed E-state index contributed by atoms with van der Waals surface area (Å²) >= 11 is 5.29. The van der Waals surface area contributed by atoms with Crippen molar-refractivity contribution < 1.29 is 14.3 Å². The first-order chi connectivity index (χ1) is 12.0. The Morgan fingerprint density at radius 1 is 1.12 bits per heavy atom. The first-order valence-electron chi connectivity index (χ1n) is 7.93. The van der Waals surface area contributed by atoms with Crippen LogP contribution < -0.4 is 20.1 Å². The summed E-state index contributed by atoms with van der Waals surface area (Å²) in [7, 11) is 3.07. The van der Waals surface area contributed by atoms with Gasteiger partial charge in [-0.3, -0.25) is 10.1 Å². The van der Waals surface area contributed by atoms with E-state index in [4.69, 9.17) is 21.7 Å². The van der Waals surface area contributed by atoms with Crippen LogP contribution in [0.5, 0.6) is 11.5 Å². The average Bonchev–Trinajstić information content (AvgIpc) is 2.62. The number of nitrogens with one attached hydrogen (secondary N) is 2. The van der Waals surface area contributed by atoms with Crippen LogP contribution in [0.4, 0.5) is 5.69 Å². The second-order valence-corrected chi connectivity index (χ2v) is 5.85. The number of hydrogen-bond donors (Lipinski definition) is 2. The number of hydrogen-bond acceptors (Lipinski definition) is 4. The lowest BCUT2D eigenvalue weighted by molar-refractivity contribution is 0.0977. The normalized spacial score (nSPS) is 10.1. The first-order valence-corrected chi connectivity index (χ1v) is 8.33. The molecule has 5 nitrogen and oxygen atoms in total. The topological polar surface area (TPSA) is 59.6 Å². The average molecular weight is 358 g/mol. The third-order valence-electron chi connectivity index (χ3n) is 3.85. The summed E-state index contributed by atoms with van der Waals surface area (Å²) in [5.41, 5.74) is 3.58. The summed E-state index contributed by atoms with van der Waals surface area (Å²) in [4.78, 5) is 12.4. The molecule has 0 saturated heterocycles. The number of anilines is 1. The fourth-order valence-electron chi connectivity index (χ4n) is 2.50. The van der Waals surface area contributed by atoms with E-state index in [0.29, 0.717) is 17.1 Å². The van der Waals surface area contributed by atoms with Gasteiger partial charge in [0, 0.05) is 11.3 Å². The Morgan fingerprint density at radius 3 is 2.48 bits per heavy atom. The smallest absolute Gasteiger partial charge is 0.257 e. The van der Waals surface area contributed by atoms with Crippen molar-refractivity contribution >= 4 is 28.9 Å². The van der Waals surface area contributed by atoms with Crippen LogP contribution in [0.25, 0.3) is 0 Å². The van der Waals surface area contributed by atoms with E-state index in [2.05, 4.69) is 17.6 Å². The minimum absolute atomic E-state index is 0.254. The van der Waals surface area contributed by atoms with Gasteiger partial charge in [-0.1, -0.05) is 25.1 Å². The molecule has 1 amide bonds. The van der Waals surface area contributed by atoms with Gasteiger partial charge in [0.25, 0.3) is 5.91 Å². The van der Waals surface area contributed by atoms with Gasteiger partial charge in [-0.15, -0.1) is 0 Å². The molecule has 0 aromatic heterocycles. The molecule has 2 aromatic carbocycles. The Kier molecular flexibility index (Phi) is 6.36. The van der Waals surface area contributed by atoms with Gasteiger partial charge in [0.15, 0.2) is 16.6 Å². The Bertz CT molecular complexity index is 790. The van der Waals surface area contributed by atoms with Gasteiger partial charge >= 0.3 is 0 Å². The maximum atomic E-state index is 12.4. The highest BCUT2D eigenvalue weighted by Gasteiger charge is 2.13. The van der Waals surface area contributed by atoms with Crippen molar-refractivity contribution in [2.24, 2.45) is 0 Å². The molecule has 0 unspecified atom stereocenters. The van der Waals surface area contributed by atoms with Crippen molar-refractivity contribution in [1.82, 2.24) is 5.32 Å². The van der Waals surface area contributed by atoms with Crippen molar-refractivity contribution in [3.8, 4) is 11.5 Å². The third-order valence-corrected chi connectivity index (χ3v) is 4.06. The zero-order chi connectivity index (χ0) is 18.4. The Balaban J connectivity index is 2.12. The van der Waals surface area contributed by atoms with Crippen LogP contribution in [-0.4, -0.2) is 25.2 Å². The predicted octanol–water partition coefficient (Wildman–Crippen LogP) is 3.70. The second kappa shape index (κ2) is 8.48. The van der Waals surface area contributed by atoms with Crippen molar-refractivity contribution in [2.45, 2.75) is 20.3 Å². The molecule has 0 heterocycles. The zero-order valence-electron chi connectivity index (χ0n) is 14.8. The molecule has 132 valence electrons. The molecule has 0 saturated carbocycles. The molecule has 2 aromatic rings. The number of ether oxygens (including phenoxy) is 2. The number of aryl methyl sites for hydroxylation is 2. The van der Waals surface area contributed by atoms with Gasteiger partial charge in [-0.2, -0.15) is 0 Å². The monoisotopic (exact) mass is 358 g/mol. The minimum Gasteiger partial charge on any atom is -0.493 e. The Morgan fingerprint density at radius 2 is 1.84 bits per heavy atom. The summed E-state index contributed by atoms with van der Waals surface area (Å²) in [6.07, 6.45) is 0.871. The molecule has 25 heavy (non-hydrogen) atoms. The van der Waals surface area contributed by atoms with Crippen LogP contribution in [0, 0.1) is 6.92 Å². The zero-order valence-corrected chi connectivity index (χ0v) is 15.6. The number of carbonyl (C=O) groups is 1. The summed E-state index contributed by atoms with van der Waals surface area (Å²) < 4.78 is 10.4. The fourth-order valence-corrected chi connectivity index (χ4v) is 2.69. The van der Waals surface area contributed by atoms with E-state index in [1.165, 1.54) is 7.11 Å². The summed E-state index contributed by atoms with van der Waals surface area (Å²) in [6.45, 7) is 4.07. The molecule has 0 fully saturated rings. The van der Waals surface area contributed by atoms with E-state index in [0.717, 1.165) is 23.2 Å². The lowest BCUT2D eigenvalue weighted by Gasteiger charge is -2.15. The van der Waals surface area contributed by atoms with Crippen molar-refractivity contribution in [1.29, 1.82) is 0 Å². The number of methoxy groups -OCH3 is 2. The summed E-state index contributed by atoms with van der Waals surface area (Å²) in [5.74, 6) is 0.735. The first kappa shape index (κ1) is 18.7. The van der Waals surface area contributed by atoms with Gasteiger partial charge in [-0.05, 0) is 54.9 Å². The number of thiocarbonyl (C=S) groups is 1. The fraction of sp³-hybridized carbons (Fsp3) is 0.263. The van der Waals surface area contributed by atoms with Crippen molar-refractivity contribution in [2.75, 3.05) is 19.5 Å². The van der Waals surface area contributed by atoms with Crippen LogP contribution in [-0.2, 0) is 6.42 Å². The van der Waals surface area contributed by atoms with Crippen molar-refractivity contribution in [3.63, 3.8) is 0 Å². The molecule has 0 radical (unpaired) electrons. The lowest BCUT2D eigenvalue weighted by Crippen LogP contribution is -2.34.